The molecule has 30 heavy (non-hydrogen) atoms. The number of carbonyl (C=O) groups excluding carboxylic acids is 2. The van der Waals surface area contributed by atoms with Gasteiger partial charge in [0, 0.05) is 56.4 Å². The highest BCUT2D eigenvalue weighted by Crippen LogP contribution is 2.14. The first-order valence-electron chi connectivity index (χ1n) is 10.4. The summed E-state index contributed by atoms with van der Waals surface area (Å²) in [5.41, 5.74) is 1.16. The summed E-state index contributed by atoms with van der Waals surface area (Å²) in [6.45, 7) is 8.25. The third kappa shape index (κ3) is 5.90. The average Bonchev–Trinajstić information content (AvgIpc) is 3.17. The van der Waals surface area contributed by atoms with E-state index in [9.17, 15) is 9.59 Å². The third-order valence-corrected chi connectivity index (χ3v) is 5.23. The Morgan fingerprint density at radius 1 is 1.17 bits per heavy atom. The quantitative estimate of drug-likeness (QED) is 0.649. The van der Waals surface area contributed by atoms with Crippen molar-refractivity contribution >= 4 is 17.5 Å². The number of ether oxygens (including phenoxy) is 1. The van der Waals surface area contributed by atoms with Gasteiger partial charge in [-0.25, -0.2) is 9.78 Å². The Morgan fingerprint density at radius 3 is 2.47 bits per heavy atom. The minimum Gasteiger partial charge on any atom is -0.379 e. The van der Waals surface area contributed by atoms with Gasteiger partial charge >= 0.3 is 6.03 Å². The van der Waals surface area contributed by atoms with Crippen molar-refractivity contribution in [3.05, 3.63) is 48.0 Å². The summed E-state index contributed by atoms with van der Waals surface area (Å²) in [5, 5.41) is 5.83. The number of hydrogen-bond donors (Lipinski definition) is 2. The number of nitrogens with one attached hydrogen (secondary N) is 2. The molecule has 1 aromatic carbocycles. The highest BCUT2D eigenvalue weighted by atomic mass is 16.5. The van der Waals surface area contributed by atoms with Crippen molar-refractivity contribution in [1.82, 2.24) is 19.8 Å². The Hall–Kier alpha value is -2.71. The third-order valence-electron chi connectivity index (χ3n) is 5.23. The van der Waals surface area contributed by atoms with Gasteiger partial charge in [-0.05, 0) is 36.6 Å². The number of morpholine rings is 1. The Balaban J connectivity index is 1.53. The normalized spacial score (nSPS) is 15.7. The molecule has 8 heteroatoms. The fourth-order valence-electron chi connectivity index (χ4n) is 3.65. The van der Waals surface area contributed by atoms with E-state index in [2.05, 4.69) is 34.4 Å². The first-order chi connectivity index (χ1) is 14.4. The maximum Gasteiger partial charge on any atom is 0.319 e. The van der Waals surface area contributed by atoms with Crippen molar-refractivity contribution in [2.45, 2.75) is 26.3 Å². The van der Waals surface area contributed by atoms with Gasteiger partial charge in [0.25, 0.3) is 0 Å². The van der Waals surface area contributed by atoms with Gasteiger partial charge in [-0.3, -0.25) is 9.69 Å². The molecular formula is C22H31N5O3. The summed E-state index contributed by atoms with van der Waals surface area (Å²) in [5.74, 6) is 0.778. The number of ketones is 1. The van der Waals surface area contributed by atoms with Crippen LogP contribution in [0.1, 0.15) is 36.5 Å². The molecule has 162 valence electrons. The predicted octanol–water partition coefficient (Wildman–Crippen LogP) is 2.52. The topological polar surface area (TPSA) is 88.5 Å². The second kappa shape index (κ2) is 10.4. The molecule has 0 bridgehead atoms. The minimum atomic E-state index is -0.250. The number of urea groups is 1. The van der Waals surface area contributed by atoms with E-state index in [0.29, 0.717) is 29.5 Å². The van der Waals surface area contributed by atoms with E-state index in [1.54, 1.807) is 48.3 Å². The molecule has 0 spiro atoms. The van der Waals surface area contributed by atoms with Crippen molar-refractivity contribution in [3.8, 4) is 0 Å². The molecule has 3 rings (SSSR count). The van der Waals surface area contributed by atoms with Gasteiger partial charge in [-0.2, -0.15) is 0 Å². The zero-order chi connectivity index (χ0) is 21.5. The number of benzene rings is 1. The molecule has 2 N–H and O–H groups in total. The number of aromatic nitrogens is 2. The van der Waals surface area contributed by atoms with Crippen LogP contribution in [0.5, 0.6) is 0 Å². The first-order valence-corrected chi connectivity index (χ1v) is 10.4. The molecule has 2 heterocycles. The van der Waals surface area contributed by atoms with Crippen LogP contribution in [0.25, 0.3) is 0 Å². The van der Waals surface area contributed by atoms with E-state index in [-0.39, 0.29) is 17.9 Å². The van der Waals surface area contributed by atoms with Gasteiger partial charge < -0.3 is 19.9 Å². The van der Waals surface area contributed by atoms with Gasteiger partial charge in [0.15, 0.2) is 5.82 Å². The molecule has 2 aromatic rings. The molecule has 1 aliphatic rings. The summed E-state index contributed by atoms with van der Waals surface area (Å²) in [6, 6.07) is 6.88. The summed E-state index contributed by atoms with van der Waals surface area (Å²) in [4.78, 5) is 31.3. The summed E-state index contributed by atoms with van der Waals surface area (Å²) in [7, 11) is 1.78. The molecule has 1 atom stereocenters. The predicted molar refractivity (Wildman–Crippen MR) is 116 cm³/mol. The van der Waals surface area contributed by atoms with Crippen LogP contribution in [-0.2, 0) is 11.8 Å². The molecule has 0 saturated carbocycles. The lowest BCUT2D eigenvalue weighted by Crippen LogP contribution is -2.49. The molecule has 1 unspecified atom stereocenters. The maximum absolute atomic E-state index is 12.5. The highest BCUT2D eigenvalue weighted by Gasteiger charge is 2.22. The number of nitrogens with zero attached hydrogens (tertiary/aromatic N) is 3. The maximum atomic E-state index is 12.5. The van der Waals surface area contributed by atoms with Crippen LogP contribution in [0.4, 0.5) is 10.5 Å². The van der Waals surface area contributed by atoms with Crippen LogP contribution in [0, 0.1) is 5.92 Å². The summed E-state index contributed by atoms with van der Waals surface area (Å²) < 4.78 is 7.13. The zero-order valence-electron chi connectivity index (χ0n) is 17.9. The zero-order valence-corrected chi connectivity index (χ0v) is 17.9. The molecule has 1 saturated heterocycles. The lowest BCUT2D eigenvalue weighted by molar-refractivity contribution is 0.0130. The van der Waals surface area contributed by atoms with Crippen molar-refractivity contribution in [2.24, 2.45) is 13.0 Å². The number of aryl methyl sites for hydroxylation is 1. The van der Waals surface area contributed by atoms with E-state index in [1.807, 2.05) is 0 Å². The number of anilines is 1. The standard InChI is InChI=1S/C22H31N5O3/c1-16(2)14-19(27-10-12-30-13-11-27)15-24-22(29)25-18-6-4-17(5-7-18)20(28)21-23-8-9-26(21)3/h4-9,16,19H,10-15H2,1-3H3,(H2,24,25,29). The van der Waals surface area contributed by atoms with Crippen molar-refractivity contribution in [3.63, 3.8) is 0 Å². The summed E-state index contributed by atoms with van der Waals surface area (Å²) in [6.07, 6.45) is 4.35. The Kier molecular flexibility index (Phi) is 7.59. The van der Waals surface area contributed by atoms with E-state index in [0.717, 1.165) is 32.7 Å². The van der Waals surface area contributed by atoms with Crippen LogP contribution in [-0.4, -0.2) is 65.2 Å². The molecular weight excluding hydrogens is 382 g/mol. The molecule has 1 aliphatic heterocycles. The molecule has 2 amide bonds. The number of imidazole rings is 1. The molecule has 8 nitrogen and oxygen atoms in total. The number of amides is 2. The fourth-order valence-corrected chi connectivity index (χ4v) is 3.65. The highest BCUT2D eigenvalue weighted by molar-refractivity contribution is 6.07. The lowest BCUT2D eigenvalue weighted by Gasteiger charge is -2.35. The van der Waals surface area contributed by atoms with Crippen LogP contribution in [0.15, 0.2) is 36.7 Å². The van der Waals surface area contributed by atoms with Crippen LogP contribution in [0.3, 0.4) is 0 Å². The van der Waals surface area contributed by atoms with E-state index >= 15 is 0 Å². The number of hydrogen-bond acceptors (Lipinski definition) is 5. The summed E-state index contributed by atoms with van der Waals surface area (Å²) >= 11 is 0. The lowest BCUT2D eigenvalue weighted by atomic mass is 10.0. The van der Waals surface area contributed by atoms with Crippen molar-refractivity contribution < 1.29 is 14.3 Å². The minimum absolute atomic E-state index is 0.152. The van der Waals surface area contributed by atoms with Crippen LogP contribution in [0.2, 0.25) is 0 Å². The van der Waals surface area contributed by atoms with E-state index < -0.39 is 0 Å². The van der Waals surface area contributed by atoms with Gasteiger partial charge in [0.1, 0.15) is 0 Å². The molecule has 1 aromatic heterocycles. The molecule has 1 fully saturated rings. The van der Waals surface area contributed by atoms with Crippen molar-refractivity contribution in [2.75, 3.05) is 38.2 Å². The number of carbonyl (C=O) groups is 2. The average molecular weight is 414 g/mol. The van der Waals surface area contributed by atoms with Crippen LogP contribution >= 0.6 is 0 Å². The van der Waals surface area contributed by atoms with Gasteiger partial charge in [0.05, 0.1) is 13.2 Å². The van der Waals surface area contributed by atoms with Gasteiger partial charge in [-0.1, -0.05) is 13.8 Å². The van der Waals surface area contributed by atoms with Gasteiger partial charge in [0.2, 0.25) is 5.78 Å². The monoisotopic (exact) mass is 413 g/mol. The smallest absolute Gasteiger partial charge is 0.319 e. The molecule has 0 radical (unpaired) electrons. The van der Waals surface area contributed by atoms with Crippen molar-refractivity contribution in [1.29, 1.82) is 0 Å². The second-order valence-electron chi connectivity index (χ2n) is 8.03. The molecule has 0 aliphatic carbocycles. The van der Waals surface area contributed by atoms with Crippen LogP contribution < -0.4 is 10.6 Å². The van der Waals surface area contributed by atoms with E-state index in [4.69, 9.17) is 4.74 Å². The first kappa shape index (κ1) is 22.0. The largest absolute Gasteiger partial charge is 0.379 e. The Labute approximate surface area is 177 Å². The van der Waals surface area contributed by atoms with E-state index in [1.165, 1.54) is 0 Å². The Morgan fingerprint density at radius 2 is 1.87 bits per heavy atom. The second-order valence-corrected chi connectivity index (χ2v) is 8.03. The SMILES string of the molecule is CC(C)CC(CNC(=O)Nc1ccc(C(=O)c2nccn2C)cc1)N1CCOCC1. The fraction of sp³-hybridized carbons (Fsp3) is 0.500. The van der Waals surface area contributed by atoms with Gasteiger partial charge in [-0.15, -0.1) is 0 Å². The number of rotatable bonds is 8. The Bertz CT molecular complexity index is 841.